The van der Waals surface area contributed by atoms with Crippen LogP contribution in [-0.4, -0.2) is 28.5 Å². The van der Waals surface area contributed by atoms with Crippen molar-refractivity contribution in [1.29, 1.82) is 0 Å². The topological polar surface area (TPSA) is 110 Å². The van der Waals surface area contributed by atoms with Gasteiger partial charge in [0, 0.05) is 12.6 Å². The smallest absolute Gasteiger partial charge is 0.324 e. The van der Waals surface area contributed by atoms with Crippen LogP contribution in [0.5, 0.6) is 0 Å². The third-order valence-corrected chi connectivity index (χ3v) is 4.92. The van der Waals surface area contributed by atoms with Crippen LogP contribution in [0.15, 0.2) is 42.5 Å². The molecule has 1 aromatic heterocycles. The van der Waals surface area contributed by atoms with Crippen molar-refractivity contribution in [3.8, 4) is 0 Å². The Kier molecular flexibility index (Phi) is 5.30. The Balaban J connectivity index is 2.20. The van der Waals surface area contributed by atoms with E-state index < -0.39 is 22.2 Å². The van der Waals surface area contributed by atoms with Gasteiger partial charge in [0.15, 0.2) is 0 Å². The maximum absolute atomic E-state index is 12.2. The van der Waals surface area contributed by atoms with E-state index in [1.54, 1.807) is 37.3 Å². The lowest BCUT2D eigenvalue weighted by atomic mass is 9.78. The Morgan fingerprint density at radius 2 is 1.92 bits per heavy atom. The summed E-state index contributed by atoms with van der Waals surface area (Å²) in [5.74, 6) is -1.56. The number of carboxylic acids is 1. The summed E-state index contributed by atoms with van der Waals surface area (Å²) in [6.45, 7) is 1.64. The second-order valence-electron chi connectivity index (χ2n) is 5.18. The summed E-state index contributed by atoms with van der Waals surface area (Å²) in [4.78, 5) is 34.3. The molecule has 1 atom stereocenters. The van der Waals surface area contributed by atoms with Gasteiger partial charge in [-0.05, 0) is 18.1 Å². The van der Waals surface area contributed by atoms with E-state index in [0.29, 0.717) is 5.56 Å². The molecular formula is C16H16N2O5S. The fraction of sp³-hybridized carbons (Fsp3) is 0.250. The number of nitro groups is 1. The van der Waals surface area contributed by atoms with Gasteiger partial charge in [-0.15, -0.1) is 0 Å². The van der Waals surface area contributed by atoms with Gasteiger partial charge in [0.05, 0.1) is 9.80 Å². The highest BCUT2D eigenvalue weighted by Crippen LogP contribution is 2.29. The lowest BCUT2D eigenvalue weighted by Gasteiger charge is -2.28. The highest BCUT2D eigenvalue weighted by Gasteiger charge is 2.39. The van der Waals surface area contributed by atoms with Crippen molar-refractivity contribution in [3.63, 3.8) is 0 Å². The first-order valence-electron chi connectivity index (χ1n) is 7.22. The molecule has 2 rings (SSSR count). The molecule has 24 heavy (non-hydrogen) atoms. The summed E-state index contributed by atoms with van der Waals surface area (Å²) in [5.41, 5.74) is -0.655. The van der Waals surface area contributed by atoms with E-state index >= 15 is 0 Å². The standard InChI is InChI=1S/C16H16N2O5S/c1-2-16(15(20)21,11-6-4-3-5-7-11)10-17-14(19)12-8-9-13(24-12)18(22)23/h3-9H,2,10H2,1H3,(H,17,19)(H,20,21). The number of benzene rings is 1. The summed E-state index contributed by atoms with van der Waals surface area (Å²) in [7, 11) is 0. The lowest BCUT2D eigenvalue weighted by molar-refractivity contribution is -0.380. The van der Waals surface area contributed by atoms with Crippen LogP contribution in [0.3, 0.4) is 0 Å². The molecule has 0 spiro atoms. The van der Waals surface area contributed by atoms with Gasteiger partial charge in [0.25, 0.3) is 5.91 Å². The monoisotopic (exact) mass is 348 g/mol. The maximum Gasteiger partial charge on any atom is 0.324 e. The Hall–Kier alpha value is -2.74. The first-order chi connectivity index (χ1) is 11.4. The molecule has 1 heterocycles. The van der Waals surface area contributed by atoms with Crippen LogP contribution in [0, 0.1) is 10.1 Å². The van der Waals surface area contributed by atoms with Gasteiger partial charge in [-0.2, -0.15) is 0 Å². The average molecular weight is 348 g/mol. The van der Waals surface area contributed by atoms with Crippen molar-refractivity contribution in [2.24, 2.45) is 0 Å². The van der Waals surface area contributed by atoms with E-state index in [1.165, 1.54) is 12.1 Å². The lowest BCUT2D eigenvalue weighted by Crippen LogP contribution is -2.46. The van der Waals surface area contributed by atoms with Crippen molar-refractivity contribution in [3.05, 3.63) is 63.0 Å². The third-order valence-electron chi connectivity index (χ3n) is 3.89. The molecule has 2 N–H and O–H groups in total. The van der Waals surface area contributed by atoms with E-state index in [4.69, 9.17) is 0 Å². The van der Waals surface area contributed by atoms with E-state index in [9.17, 15) is 24.8 Å². The van der Waals surface area contributed by atoms with Gasteiger partial charge in [0.2, 0.25) is 0 Å². The predicted octanol–water partition coefficient (Wildman–Crippen LogP) is 2.82. The van der Waals surface area contributed by atoms with Crippen LogP contribution < -0.4 is 5.32 Å². The van der Waals surface area contributed by atoms with Gasteiger partial charge >= 0.3 is 11.0 Å². The predicted molar refractivity (Wildman–Crippen MR) is 89.4 cm³/mol. The number of rotatable bonds is 7. The number of carbonyl (C=O) groups is 2. The molecule has 2 aromatic rings. The van der Waals surface area contributed by atoms with Gasteiger partial charge in [-0.3, -0.25) is 19.7 Å². The number of thiophene rings is 1. The number of carbonyl (C=O) groups excluding carboxylic acids is 1. The van der Waals surface area contributed by atoms with Crippen LogP contribution in [0.2, 0.25) is 0 Å². The van der Waals surface area contributed by atoms with Crippen molar-refractivity contribution < 1.29 is 19.6 Å². The molecule has 126 valence electrons. The fourth-order valence-electron chi connectivity index (χ4n) is 2.40. The minimum Gasteiger partial charge on any atom is -0.481 e. The SMILES string of the molecule is CCC(CNC(=O)c1ccc([N+](=O)[O-])s1)(C(=O)O)c1ccccc1. The van der Waals surface area contributed by atoms with Crippen molar-refractivity contribution in [1.82, 2.24) is 5.32 Å². The molecule has 1 amide bonds. The number of nitrogens with one attached hydrogen (secondary N) is 1. The zero-order valence-corrected chi connectivity index (χ0v) is 13.7. The fourth-order valence-corrected chi connectivity index (χ4v) is 3.14. The number of carboxylic acid groups (broad SMARTS) is 1. The van der Waals surface area contributed by atoms with Gasteiger partial charge in [0.1, 0.15) is 5.41 Å². The second kappa shape index (κ2) is 7.22. The van der Waals surface area contributed by atoms with Crippen molar-refractivity contribution in [2.75, 3.05) is 6.54 Å². The quantitative estimate of drug-likeness (QED) is 0.590. The van der Waals surface area contributed by atoms with Crippen molar-refractivity contribution in [2.45, 2.75) is 18.8 Å². The Labute approximate surface area is 142 Å². The number of amides is 1. The number of aliphatic carboxylic acids is 1. The number of nitrogens with zero attached hydrogens (tertiary/aromatic N) is 1. The first-order valence-corrected chi connectivity index (χ1v) is 8.03. The molecular weight excluding hydrogens is 332 g/mol. The zero-order valence-electron chi connectivity index (χ0n) is 12.9. The molecule has 0 radical (unpaired) electrons. The highest BCUT2D eigenvalue weighted by molar-refractivity contribution is 7.17. The molecule has 0 saturated carbocycles. The molecule has 0 aliphatic heterocycles. The van der Waals surface area contributed by atoms with Crippen LogP contribution >= 0.6 is 11.3 Å². The largest absolute Gasteiger partial charge is 0.481 e. The third kappa shape index (κ3) is 3.43. The Morgan fingerprint density at radius 3 is 2.42 bits per heavy atom. The molecule has 0 aliphatic rings. The molecule has 1 unspecified atom stereocenters. The normalized spacial score (nSPS) is 13.0. The first kappa shape index (κ1) is 17.6. The van der Waals surface area contributed by atoms with Crippen LogP contribution in [0.25, 0.3) is 0 Å². The van der Waals surface area contributed by atoms with Crippen molar-refractivity contribution >= 4 is 28.2 Å². The van der Waals surface area contributed by atoms with Crippen LogP contribution in [-0.2, 0) is 10.2 Å². The number of hydrogen-bond acceptors (Lipinski definition) is 5. The minimum atomic E-state index is -1.25. The van der Waals surface area contributed by atoms with Gasteiger partial charge in [-0.1, -0.05) is 48.6 Å². The molecule has 0 bridgehead atoms. The summed E-state index contributed by atoms with van der Waals surface area (Å²) in [5, 5.41) is 22.8. The average Bonchev–Trinajstić information content (AvgIpc) is 3.07. The van der Waals surface area contributed by atoms with E-state index in [2.05, 4.69) is 5.32 Å². The second-order valence-corrected chi connectivity index (χ2v) is 6.25. The van der Waals surface area contributed by atoms with E-state index in [0.717, 1.165) is 11.3 Å². The highest BCUT2D eigenvalue weighted by atomic mass is 32.1. The maximum atomic E-state index is 12.2. The van der Waals surface area contributed by atoms with Crippen LogP contribution in [0.4, 0.5) is 5.00 Å². The summed E-state index contributed by atoms with van der Waals surface area (Å²) < 4.78 is 0. The minimum absolute atomic E-state index is 0.104. The Bertz CT molecular complexity index is 759. The van der Waals surface area contributed by atoms with Gasteiger partial charge in [-0.25, -0.2) is 0 Å². The number of hydrogen-bond donors (Lipinski definition) is 2. The molecule has 8 heteroatoms. The summed E-state index contributed by atoms with van der Waals surface area (Å²) in [6, 6.07) is 11.3. The van der Waals surface area contributed by atoms with Gasteiger partial charge < -0.3 is 10.4 Å². The molecule has 0 aliphatic carbocycles. The van der Waals surface area contributed by atoms with Crippen LogP contribution in [0.1, 0.15) is 28.6 Å². The van der Waals surface area contributed by atoms with E-state index in [1.807, 2.05) is 0 Å². The Morgan fingerprint density at radius 1 is 1.25 bits per heavy atom. The summed E-state index contributed by atoms with van der Waals surface area (Å²) in [6.07, 6.45) is 0.289. The molecule has 1 aromatic carbocycles. The molecule has 7 nitrogen and oxygen atoms in total. The molecule has 0 fully saturated rings. The molecule has 0 saturated heterocycles. The summed E-state index contributed by atoms with van der Waals surface area (Å²) >= 11 is 0.753. The van der Waals surface area contributed by atoms with E-state index in [-0.39, 0.29) is 22.8 Å². The zero-order chi connectivity index (χ0) is 17.7.